The largest absolute Gasteiger partial charge is 0.377 e. The number of rotatable bonds is 11. The molecule has 0 aliphatic carbocycles. The van der Waals surface area contributed by atoms with Crippen molar-refractivity contribution in [3.05, 3.63) is 53.6 Å². The molecule has 1 saturated heterocycles. The number of ether oxygens (including phenoxy) is 1. The lowest BCUT2D eigenvalue weighted by molar-refractivity contribution is 0.0978. The molecule has 1 fully saturated rings. The molecule has 1 amide bonds. The van der Waals surface area contributed by atoms with Crippen molar-refractivity contribution in [2.24, 2.45) is 0 Å². The van der Waals surface area contributed by atoms with Crippen molar-refractivity contribution in [2.45, 2.75) is 37.7 Å². The van der Waals surface area contributed by atoms with Crippen LogP contribution in [0.5, 0.6) is 0 Å². The molecule has 0 N–H and O–H groups in total. The molecule has 0 saturated carbocycles. The molecule has 2 aromatic carbocycles. The quantitative estimate of drug-likeness (QED) is 0.343. The summed E-state index contributed by atoms with van der Waals surface area (Å²) in [5.74, 6) is -1.92. The predicted octanol–water partition coefficient (Wildman–Crippen LogP) is 4.36. The Balaban J connectivity index is 1.60. The van der Waals surface area contributed by atoms with E-state index < -0.39 is 27.6 Å². The van der Waals surface area contributed by atoms with Gasteiger partial charge in [0.25, 0.3) is 5.91 Å². The number of benzene rings is 2. The van der Waals surface area contributed by atoms with Crippen molar-refractivity contribution in [1.82, 2.24) is 14.2 Å². The summed E-state index contributed by atoms with van der Waals surface area (Å²) in [5.41, 5.74) is 0.263. The zero-order valence-corrected chi connectivity index (χ0v) is 23.3. The van der Waals surface area contributed by atoms with Crippen LogP contribution in [-0.2, 0) is 14.8 Å². The highest BCUT2D eigenvalue weighted by molar-refractivity contribution is 7.89. The van der Waals surface area contributed by atoms with E-state index in [1.165, 1.54) is 46.6 Å². The molecule has 0 spiro atoms. The Labute approximate surface area is 225 Å². The number of thiazole rings is 1. The Bertz CT molecular complexity index is 1370. The molecule has 0 bridgehead atoms. The third-order valence-corrected chi connectivity index (χ3v) is 9.57. The Kier molecular flexibility index (Phi) is 9.09. The minimum absolute atomic E-state index is 0.00256. The van der Waals surface area contributed by atoms with Crippen LogP contribution < -0.4 is 4.90 Å². The maximum Gasteiger partial charge on any atom is 0.260 e. The minimum atomic E-state index is -3.76. The number of hydrogen-bond acceptors (Lipinski definition) is 7. The number of carbonyl (C=O) groups excluding carboxylic acids is 1. The van der Waals surface area contributed by atoms with Crippen molar-refractivity contribution >= 4 is 42.6 Å². The number of aromatic nitrogens is 1. The monoisotopic (exact) mass is 566 g/mol. The normalized spacial score (nSPS) is 16.1. The van der Waals surface area contributed by atoms with Gasteiger partial charge in [0.05, 0.1) is 15.7 Å². The van der Waals surface area contributed by atoms with E-state index in [9.17, 15) is 22.0 Å². The van der Waals surface area contributed by atoms with Crippen LogP contribution in [-0.4, -0.2) is 81.0 Å². The fourth-order valence-electron chi connectivity index (χ4n) is 4.40. The van der Waals surface area contributed by atoms with Crippen molar-refractivity contribution < 1.29 is 26.7 Å². The number of sulfonamides is 1. The van der Waals surface area contributed by atoms with E-state index in [0.29, 0.717) is 17.9 Å². The van der Waals surface area contributed by atoms with E-state index in [2.05, 4.69) is 9.88 Å². The number of hydrogen-bond donors (Lipinski definition) is 0. The van der Waals surface area contributed by atoms with E-state index in [0.717, 1.165) is 43.3 Å². The average Bonchev–Trinajstić information content (AvgIpc) is 3.56. The Morgan fingerprint density at radius 3 is 2.47 bits per heavy atom. The Morgan fingerprint density at radius 1 is 1.13 bits per heavy atom. The van der Waals surface area contributed by atoms with Gasteiger partial charge in [-0.25, -0.2) is 22.2 Å². The Morgan fingerprint density at radius 2 is 1.84 bits per heavy atom. The highest BCUT2D eigenvalue weighted by atomic mass is 32.2. The van der Waals surface area contributed by atoms with Gasteiger partial charge in [0.15, 0.2) is 10.9 Å². The van der Waals surface area contributed by atoms with Gasteiger partial charge >= 0.3 is 0 Å². The van der Waals surface area contributed by atoms with Gasteiger partial charge in [-0.15, -0.1) is 0 Å². The van der Waals surface area contributed by atoms with Crippen molar-refractivity contribution in [3.63, 3.8) is 0 Å². The first-order chi connectivity index (χ1) is 18.1. The number of carbonyl (C=O) groups is 1. The number of anilines is 1. The first kappa shape index (κ1) is 28.5. The van der Waals surface area contributed by atoms with Gasteiger partial charge in [-0.2, -0.15) is 4.31 Å². The van der Waals surface area contributed by atoms with E-state index >= 15 is 0 Å². The number of nitrogens with zero attached hydrogens (tertiary/aromatic N) is 4. The molecule has 2 heterocycles. The van der Waals surface area contributed by atoms with Crippen LogP contribution in [0, 0.1) is 11.6 Å². The van der Waals surface area contributed by atoms with Gasteiger partial charge in [-0.3, -0.25) is 9.69 Å². The lowest BCUT2D eigenvalue weighted by atomic mass is 10.2. The Hall–Kier alpha value is -2.51. The number of likely N-dealkylation sites (N-methyl/N-ethyl adjacent to an activating group) is 2. The molecule has 206 valence electrons. The van der Waals surface area contributed by atoms with Crippen molar-refractivity contribution in [2.75, 3.05) is 51.3 Å². The molecule has 3 aromatic rings. The zero-order valence-electron chi connectivity index (χ0n) is 21.7. The summed E-state index contributed by atoms with van der Waals surface area (Å²) in [7, 11) is -2.25. The third kappa shape index (κ3) is 6.20. The van der Waals surface area contributed by atoms with E-state index in [1.807, 2.05) is 13.8 Å². The van der Waals surface area contributed by atoms with Crippen LogP contribution in [0.2, 0.25) is 0 Å². The van der Waals surface area contributed by atoms with Gasteiger partial charge in [-0.05, 0) is 56.3 Å². The second-order valence-electron chi connectivity index (χ2n) is 9.16. The summed E-state index contributed by atoms with van der Waals surface area (Å²) >= 11 is 1.03. The van der Waals surface area contributed by atoms with Crippen LogP contribution in [0.3, 0.4) is 0 Å². The molecule has 1 aliphatic heterocycles. The van der Waals surface area contributed by atoms with Crippen LogP contribution in [0.15, 0.2) is 41.3 Å². The van der Waals surface area contributed by atoms with Crippen molar-refractivity contribution in [1.29, 1.82) is 0 Å². The molecule has 12 heteroatoms. The standard InChI is InChI=1S/C26H32F2N4O4S2/c1-4-31(5-2)12-13-32(26-29-24-22(28)15-19(27)16-23(24)37-26)25(33)18-8-10-21(11-9-18)38(34,35)30(3)17-20-7-6-14-36-20/h8-11,15-16,20H,4-7,12-14,17H2,1-3H3. The van der Waals surface area contributed by atoms with Gasteiger partial charge < -0.3 is 9.64 Å². The molecule has 8 nitrogen and oxygen atoms in total. The molecule has 4 rings (SSSR count). The van der Waals surface area contributed by atoms with E-state index in [-0.39, 0.29) is 40.3 Å². The highest BCUT2D eigenvalue weighted by Crippen LogP contribution is 2.32. The second kappa shape index (κ2) is 12.1. The maximum atomic E-state index is 14.3. The zero-order chi connectivity index (χ0) is 27.4. The molecule has 1 aliphatic rings. The topological polar surface area (TPSA) is 83.1 Å². The first-order valence-electron chi connectivity index (χ1n) is 12.6. The molecular weight excluding hydrogens is 534 g/mol. The molecule has 0 radical (unpaired) electrons. The van der Waals surface area contributed by atoms with Crippen LogP contribution in [0.4, 0.5) is 13.9 Å². The molecule has 1 aromatic heterocycles. The second-order valence-corrected chi connectivity index (χ2v) is 12.2. The average molecular weight is 567 g/mol. The maximum absolute atomic E-state index is 14.3. The summed E-state index contributed by atoms with van der Waals surface area (Å²) in [4.78, 5) is 21.6. The SMILES string of the molecule is CCN(CC)CCN(C(=O)c1ccc(S(=O)(=O)N(C)CC2CCCO2)cc1)c1nc2c(F)cc(F)cc2s1. The molecule has 38 heavy (non-hydrogen) atoms. The van der Waals surface area contributed by atoms with Gasteiger partial charge in [0, 0.05) is 44.9 Å². The van der Waals surface area contributed by atoms with Gasteiger partial charge in [0.2, 0.25) is 10.0 Å². The third-order valence-electron chi connectivity index (χ3n) is 6.71. The molecular formula is C26H32F2N4O4S2. The van der Waals surface area contributed by atoms with Crippen LogP contribution >= 0.6 is 11.3 Å². The summed E-state index contributed by atoms with van der Waals surface area (Å²) in [5, 5.41) is 0.245. The molecule has 1 unspecified atom stereocenters. The fourth-order valence-corrected chi connectivity index (χ4v) is 6.64. The van der Waals surface area contributed by atoms with Gasteiger partial charge in [0.1, 0.15) is 11.3 Å². The van der Waals surface area contributed by atoms with Crippen molar-refractivity contribution in [3.8, 4) is 0 Å². The lowest BCUT2D eigenvalue weighted by Crippen LogP contribution is -2.39. The summed E-state index contributed by atoms with van der Waals surface area (Å²) in [6, 6.07) is 7.71. The fraction of sp³-hybridized carbons (Fsp3) is 0.462. The number of amides is 1. The summed E-state index contributed by atoms with van der Waals surface area (Å²) < 4.78 is 61.4. The lowest BCUT2D eigenvalue weighted by Gasteiger charge is -2.25. The smallest absolute Gasteiger partial charge is 0.260 e. The molecule has 1 atom stereocenters. The highest BCUT2D eigenvalue weighted by Gasteiger charge is 2.27. The van der Waals surface area contributed by atoms with Crippen LogP contribution in [0.25, 0.3) is 10.2 Å². The van der Waals surface area contributed by atoms with E-state index in [4.69, 9.17) is 4.74 Å². The first-order valence-corrected chi connectivity index (χ1v) is 14.9. The van der Waals surface area contributed by atoms with E-state index in [1.54, 1.807) is 0 Å². The van der Waals surface area contributed by atoms with Gasteiger partial charge in [-0.1, -0.05) is 25.2 Å². The predicted molar refractivity (Wildman–Crippen MR) is 144 cm³/mol. The summed E-state index contributed by atoms with van der Waals surface area (Å²) in [6.07, 6.45) is 1.61. The number of fused-ring (bicyclic) bond motifs is 1. The minimum Gasteiger partial charge on any atom is -0.377 e. The number of halogens is 2. The summed E-state index contributed by atoms with van der Waals surface area (Å²) in [6.45, 7) is 7.31. The van der Waals surface area contributed by atoms with Crippen LogP contribution in [0.1, 0.15) is 37.0 Å².